The Labute approximate surface area is 343 Å². The van der Waals surface area contributed by atoms with E-state index in [-0.39, 0.29) is 32.2 Å². The first-order valence-electron chi connectivity index (χ1n) is 21.8. The number of aliphatic hydroxyl groups is 1. The van der Waals surface area contributed by atoms with E-state index >= 15 is 0 Å². The minimum atomic E-state index is -4.29. The molecule has 0 aliphatic rings. The first kappa shape index (κ1) is 53.7. The highest BCUT2D eigenvalue weighted by atomic mass is 31.2. The van der Waals surface area contributed by atoms with E-state index in [2.05, 4.69) is 32.1 Å². The van der Waals surface area contributed by atoms with Gasteiger partial charge in [-0.05, 0) is 57.4 Å². The van der Waals surface area contributed by atoms with Gasteiger partial charge < -0.3 is 24.0 Å². The van der Waals surface area contributed by atoms with Gasteiger partial charge in [-0.15, -0.1) is 0 Å². The van der Waals surface area contributed by atoms with Crippen LogP contribution in [0.25, 0.3) is 0 Å². The van der Waals surface area contributed by atoms with Gasteiger partial charge in [0.1, 0.15) is 19.8 Å². The fourth-order valence-corrected chi connectivity index (χ4v) is 6.22. The summed E-state index contributed by atoms with van der Waals surface area (Å²) in [7, 11) is 1.60. The van der Waals surface area contributed by atoms with Gasteiger partial charge >= 0.3 is 13.8 Å². The number of likely N-dealkylation sites (N-methyl/N-ethyl adjacent to an activating group) is 1. The molecule has 0 bridgehead atoms. The Kier molecular flexibility index (Phi) is 36.7. The smallest absolute Gasteiger partial charge is 0.472 e. The van der Waals surface area contributed by atoms with Crippen molar-refractivity contribution in [3.63, 3.8) is 0 Å². The van der Waals surface area contributed by atoms with Crippen molar-refractivity contribution < 1.29 is 42.4 Å². The second kappa shape index (κ2) is 38.3. The fraction of sp³-hybridized carbons (Fsp3) is 0.717. The number of aliphatic hydroxyl groups excluding tert-OH is 1. The maximum atomic E-state index is 12.5. The number of quaternary nitrogens is 1. The summed E-state index contributed by atoms with van der Waals surface area (Å²) in [6.45, 7) is 4.62. The topological polar surface area (TPSA) is 112 Å². The van der Waals surface area contributed by atoms with E-state index in [0.717, 1.165) is 38.5 Å². The van der Waals surface area contributed by atoms with Crippen LogP contribution in [0.1, 0.15) is 155 Å². The molecular weight excluding hydrogens is 725 g/mol. The van der Waals surface area contributed by atoms with Gasteiger partial charge in [0.25, 0.3) is 0 Å². The van der Waals surface area contributed by atoms with Crippen molar-refractivity contribution in [3.8, 4) is 0 Å². The first-order valence-corrected chi connectivity index (χ1v) is 23.3. The molecule has 9 nitrogen and oxygen atoms in total. The average Bonchev–Trinajstić information content (AvgIpc) is 3.15. The van der Waals surface area contributed by atoms with Crippen LogP contribution in [0, 0.1) is 0 Å². The Morgan fingerprint density at radius 3 is 1.91 bits per heavy atom. The van der Waals surface area contributed by atoms with Gasteiger partial charge in [0.15, 0.2) is 6.10 Å². The van der Waals surface area contributed by atoms with Gasteiger partial charge in [-0.25, -0.2) is 4.57 Å². The van der Waals surface area contributed by atoms with Crippen LogP contribution in [0.2, 0.25) is 0 Å². The van der Waals surface area contributed by atoms with E-state index in [1.54, 1.807) is 12.3 Å². The van der Waals surface area contributed by atoms with Crippen LogP contribution < -0.4 is 0 Å². The molecule has 0 radical (unpaired) electrons. The maximum Gasteiger partial charge on any atom is 0.472 e. The number of nitrogens with zero attached hydrogens (tertiary/aromatic N) is 1. The molecule has 0 heterocycles. The minimum absolute atomic E-state index is 0.0681. The maximum absolute atomic E-state index is 12.5. The number of unbranched alkanes of at least 4 members (excludes halogenated alkanes) is 15. The lowest BCUT2D eigenvalue weighted by Gasteiger charge is -2.24. The van der Waals surface area contributed by atoms with Gasteiger partial charge in [-0.2, -0.15) is 0 Å². The average molecular weight is 809 g/mol. The van der Waals surface area contributed by atoms with Crippen LogP contribution in [0.4, 0.5) is 0 Å². The Hall–Kier alpha value is -2.26. The third kappa shape index (κ3) is 41.4. The van der Waals surface area contributed by atoms with Crippen molar-refractivity contribution in [2.45, 2.75) is 167 Å². The molecule has 0 aromatic rings. The second-order valence-corrected chi connectivity index (χ2v) is 17.1. The third-order valence-electron chi connectivity index (χ3n) is 8.95. The summed E-state index contributed by atoms with van der Waals surface area (Å²) in [4.78, 5) is 22.6. The molecule has 0 aromatic heterocycles. The molecule has 0 amide bonds. The molecule has 0 saturated heterocycles. The second-order valence-electron chi connectivity index (χ2n) is 15.6. The molecule has 56 heavy (non-hydrogen) atoms. The quantitative estimate of drug-likeness (QED) is 0.0120. The van der Waals surface area contributed by atoms with Gasteiger partial charge in [0, 0.05) is 6.42 Å². The molecule has 0 aliphatic carbocycles. The van der Waals surface area contributed by atoms with Crippen LogP contribution in [-0.2, 0) is 27.9 Å². The molecule has 0 aliphatic heterocycles. The Morgan fingerprint density at radius 2 is 1.27 bits per heavy atom. The zero-order chi connectivity index (χ0) is 41.4. The molecule has 324 valence electrons. The summed E-state index contributed by atoms with van der Waals surface area (Å²) in [6, 6.07) is 0. The number of phosphoric ester groups is 1. The molecule has 0 saturated carbocycles. The molecule has 2 unspecified atom stereocenters. The molecule has 10 heteroatoms. The zero-order valence-corrected chi connectivity index (χ0v) is 37.1. The lowest BCUT2D eigenvalue weighted by molar-refractivity contribution is -0.870. The number of allylic oxidation sites excluding steroid dienone is 9. The molecule has 2 N–H and O–H groups in total. The number of ether oxygens (including phenoxy) is 2. The van der Waals surface area contributed by atoms with Crippen molar-refractivity contribution in [1.82, 2.24) is 0 Å². The number of rotatable bonds is 39. The highest BCUT2D eigenvalue weighted by Crippen LogP contribution is 2.43. The normalized spacial score (nSPS) is 15.0. The van der Waals surface area contributed by atoms with Crippen molar-refractivity contribution in [3.05, 3.63) is 73.1 Å². The predicted octanol–water partition coefficient (Wildman–Crippen LogP) is 12.0. The van der Waals surface area contributed by atoms with E-state index in [1.165, 1.54) is 83.5 Å². The third-order valence-corrected chi connectivity index (χ3v) is 9.94. The number of hydrogen-bond donors (Lipinski definition) is 2. The van der Waals surface area contributed by atoms with Crippen molar-refractivity contribution in [2.24, 2.45) is 0 Å². The SMILES string of the molecule is CC/C=C\C/C=C\CC(O)/C=C/C=C\C/C=C\CCCC(=O)OC[C@H](COP(=O)(O)OCC[N+](C)(C)C)O/C=C/CCCCCCCCCCCCCCCC. The van der Waals surface area contributed by atoms with Gasteiger partial charge in [-0.3, -0.25) is 13.8 Å². The summed E-state index contributed by atoms with van der Waals surface area (Å²) in [5, 5.41) is 10.0. The molecule has 0 spiro atoms. The lowest BCUT2D eigenvalue weighted by atomic mass is 10.0. The van der Waals surface area contributed by atoms with Crippen LogP contribution >= 0.6 is 7.82 Å². The number of phosphoric acid groups is 1. The van der Waals surface area contributed by atoms with Crippen molar-refractivity contribution in [2.75, 3.05) is 47.5 Å². The Balaban J connectivity index is 4.46. The summed E-state index contributed by atoms with van der Waals surface area (Å²) < 4.78 is 34.7. The van der Waals surface area contributed by atoms with E-state index in [9.17, 15) is 19.4 Å². The Bertz CT molecular complexity index is 1140. The zero-order valence-electron chi connectivity index (χ0n) is 36.2. The standard InChI is InChI=1S/C46H82NO8P/c1-6-8-10-12-14-15-16-17-18-19-20-21-24-27-31-35-40-52-45(43-55-56(50,51)54-41-39-47(3,4)5)42-53-46(49)38-34-30-26-23-22-25-29-33-37-44(48)36-32-28-13-11-9-7-2/h9,11,23,25-26,28-29,32-33,35,37,40,44-45,48H,6-8,10,12-22,24,27,30-31,34,36,38-39,41-43H2,1-5H3/p+1/b11-9-,26-23-,29-25-,32-28-,37-33+,40-35+/t44?,45-/m1/s1. The summed E-state index contributed by atoms with van der Waals surface area (Å²) in [5.74, 6) is -0.361. The monoisotopic (exact) mass is 809 g/mol. The number of carbonyl (C=O) groups excluding carboxylic acids is 1. The van der Waals surface area contributed by atoms with Crippen LogP contribution in [0.15, 0.2) is 73.1 Å². The number of carbonyl (C=O) groups is 1. The number of hydrogen-bond acceptors (Lipinski definition) is 7. The van der Waals surface area contributed by atoms with Crippen LogP contribution in [-0.4, -0.2) is 80.2 Å². The molecular formula is C46H83NO8P+. The largest absolute Gasteiger partial charge is 0.492 e. The first-order chi connectivity index (χ1) is 27.0. The molecule has 0 aromatic carbocycles. The van der Waals surface area contributed by atoms with E-state index in [1.807, 2.05) is 63.7 Å². The van der Waals surface area contributed by atoms with E-state index in [4.69, 9.17) is 18.5 Å². The van der Waals surface area contributed by atoms with Crippen molar-refractivity contribution in [1.29, 1.82) is 0 Å². The van der Waals surface area contributed by atoms with Crippen LogP contribution in [0.3, 0.4) is 0 Å². The number of esters is 1. The minimum Gasteiger partial charge on any atom is -0.492 e. The summed E-state index contributed by atoms with van der Waals surface area (Å²) in [5.41, 5.74) is 0. The molecule has 3 atom stereocenters. The lowest BCUT2D eigenvalue weighted by Crippen LogP contribution is -2.37. The van der Waals surface area contributed by atoms with E-state index in [0.29, 0.717) is 23.9 Å². The molecule has 0 rings (SSSR count). The highest BCUT2D eigenvalue weighted by Gasteiger charge is 2.25. The predicted molar refractivity (Wildman–Crippen MR) is 234 cm³/mol. The van der Waals surface area contributed by atoms with Crippen molar-refractivity contribution >= 4 is 13.8 Å². The summed E-state index contributed by atoms with van der Waals surface area (Å²) >= 11 is 0. The molecule has 0 fully saturated rings. The highest BCUT2D eigenvalue weighted by molar-refractivity contribution is 7.47. The Morgan fingerprint density at radius 1 is 0.679 bits per heavy atom. The van der Waals surface area contributed by atoms with E-state index < -0.39 is 20.0 Å². The van der Waals surface area contributed by atoms with Crippen LogP contribution in [0.5, 0.6) is 0 Å². The fourth-order valence-electron chi connectivity index (χ4n) is 5.48. The van der Waals surface area contributed by atoms with Gasteiger partial charge in [-0.1, -0.05) is 158 Å². The van der Waals surface area contributed by atoms with Gasteiger partial charge in [0.05, 0.1) is 40.1 Å². The summed E-state index contributed by atoms with van der Waals surface area (Å²) in [6.07, 6.45) is 46.5. The van der Waals surface area contributed by atoms with Gasteiger partial charge in [0.2, 0.25) is 0 Å².